The molecule has 0 saturated heterocycles. The standard InChI is InChI=1S/C9H16IN/c1-4-5-6-8(2)9(10)7-11-3/h4-6,8-9,11H,1,7H2,2-3H3/b6-5-. The zero-order valence-electron chi connectivity index (χ0n) is 7.18. The fraction of sp³-hybridized carbons (Fsp3) is 0.556. The minimum atomic E-state index is 0.612. The second kappa shape index (κ2) is 6.85. The molecule has 2 unspecified atom stereocenters. The Kier molecular flexibility index (Phi) is 6.96. The molecule has 0 aromatic rings. The molecule has 0 aliphatic rings. The van der Waals surface area contributed by atoms with Gasteiger partial charge in [0.2, 0.25) is 0 Å². The van der Waals surface area contributed by atoms with Gasteiger partial charge in [0.05, 0.1) is 0 Å². The highest BCUT2D eigenvalue weighted by Gasteiger charge is 2.08. The maximum Gasteiger partial charge on any atom is 0.0294 e. The molecule has 11 heavy (non-hydrogen) atoms. The molecule has 0 heterocycles. The van der Waals surface area contributed by atoms with Crippen LogP contribution in [-0.4, -0.2) is 17.5 Å². The van der Waals surface area contributed by atoms with Gasteiger partial charge in [-0.1, -0.05) is 54.3 Å². The van der Waals surface area contributed by atoms with E-state index < -0.39 is 0 Å². The minimum Gasteiger partial charge on any atom is -0.319 e. The molecule has 2 atom stereocenters. The van der Waals surface area contributed by atoms with Crippen LogP contribution in [0.5, 0.6) is 0 Å². The molecule has 0 aliphatic heterocycles. The quantitative estimate of drug-likeness (QED) is 0.457. The molecule has 64 valence electrons. The van der Waals surface area contributed by atoms with Gasteiger partial charge in [-0.2, -0.15) is 0 Å². The molecule has 0 aromatic heterocycles. The first kappa shape index (κ1) is 11.2. The Morgan fingerprint density at radius 1 is 1.64 bits per heavy atom. The van der Waals surface area contributed by atoms with Crippen molar-refractivity contribution in [1.29, 1.82) is 0 Å². The van der Waals surface area contributed by atoms with Crippen molar-refractivity contribution in [2.75, 3.05) is 13.6 Å². The lowest BCUT2D eigenvalue weighted by Crippen LogP contribution is -2.23. The van der Waals surface area contributed by atoms with Crippen LogP contribution in [0.3, 0.4) is 0 Å². The minimum absolute atomic E-state index is 0.612. The fourth-order valence-corrected chi connectivity index (χ4v) is 1.44. The van der Waals surface area contributed by atoms with Crippen LogP contribution in [0.15, 0.2) is 24.8 Å². The molecular weight excluding hydrogens is 249 g/mol. The summed E-state index contributed by atoms with van der Waals surface area (Å²) in [6.45, 7) is 6.91. The first-order valence-corrected chi connectivity index (χ1v) is 5.04. The number of nitrogens with one attached hydrogen (secondary N) is 1. The summed E-state index contributed by atoms with van der Waals surface area (Å²) < 4.78 is 0.661. The summed E-state index contributed by atoms with van der Waals surface area (Å²) in [6, 6.07) is 0. The molecule has 0 aliphatic carbocycles. The van der Waals surface area contributed by atoms with Gasteiger partial charge in [0, 0.05) is 10.5 Å². The van der Waals surface area contributed by atoms with Crippen LogP contribution < -0.4 is 5.32 Å². The zero-order valence-corrected chi connectivity index (χ0v) is 9.34. The highest BCUT2D eigenvalue weighted by molar-refractivity contribution is 14.1. The second-order valence-electron chi connectivity index (χ2n) is 2.55. The molecule has 0 rings (SSSR count). The average Bonchev–Trinajstić information content (AvgIpc) is 2.00. The Morgan fingerprint density at radius 2 is 2.27 bits per heavy atom. The number of halogens is 1. The highest BCUT2D eigenvalue weighted by atomic mass is 127. The van der Waals surface area contributed by atoms with Gasteiger partial charge in [-0.15, -0.1) is 0 Å². The van der Waals surface area contributed by atoms with E-state index in [0.29, 0.717) is 9.84 Å². The van der Waals surface area contributed by atoms with Gasteiger partial charge in [-0.05, 0) is 13.0 Å². The van der Waals surface area contributed by atoms with E-state index in [-0.39, 0.29) is 0 Å². The molecule has 1 nitrogen and oxygen atoms in total. The Bertz CT molecular complexity index is 132. The number of rotatable bonds is 5. The number of allylic oxidation sites excluding steroid dienone is 3. The number of hydrogen-bond donors (Lipinski definition) is 1. The maximum atomic E-state index is 3.63. The van der Waals surface area contributed by atoms with Gasteiger partial charge in [0.15, 0.2) is 0 Å². The maximum absolute atomic E-state index is 3.63. The normalized spacial score (nSPS) is 16.6. The van der Waals surface area contributed by atoms with Crippen molar-refractivity contribution in [1.82, 2.24) is 5.32 Å². The molecule has 0 bridgehead atoms. The number of hydrogen-bond acceptors (Lipinski definition) is 1. The summed E-state index contributed by atoms with van der Waals surface area (Å²) in [4.78, 5) is 0. The van der Waals surface area contributed by atoms with Crippen molar-refractivity contribution in [2.24, 2.45) is 5.92 Å². The third-order valence-corrected chi connectivity index (χ3v) is 3.10. The Labute approximate surface area is 83.1 Å². The summed E-state index contributed by atoms with van der Waals surface area (Å²) in [7, 11) is 1.98. The lowest BCUT2D eigenvalue weighted by molar-refractivity contribution is 0.647. The molecule has 0 saturated carbocycles. The molecule has 0 fully saturated rings. The zero-order chi connectivity index (χ0) is 8.69. The Hall–Kier alpha value is 0.170. The lowest BCUT2D eigenvalue weighted by atomic mass is 10.1. The Morgan fingerprint density at radius 3 is 2.73 bits per heavy atom. The predicted octanol–water partition coefficient (Wildman–Crippen LogP) is 2.39. The van der Waals surface area contributed by atoms with E-state index in [1.165, 1.54) is 0 Å². The first-order valence-electron chi connectivity index (χ1n) is 3.80. The predicted molar refractivity (Wildman–Crippen MR) is 60.2 cm³/mol. The molecule has 1 N–H and O–H groups in total. The van der Waals surface area contributed by atoms with Gasteiger partial charge in [-0.3, -0.25) is 0 Å². The van der Waals surface area contributed by atoms with E-state index in [1.807, 2.05) is 19.2 Å². The van der Waals surface area contributed by atoms with Crippen molar-refractivity contribution in [3.8, 4) is 0 Å². The van der Waals surface area contributed by atoms with Gasteiger partial charge < -0.3 is 5.32 Å². The third kappa shape index (κ3) is 5.44. The summed E-state index contributed by atoms with van der Waals surface area (Å²) in [6.07, 6.45) is 6.01. The van der Waals surface area contributed by atoms with Gasteiger partial charge in [-0.25, -0.2) is 0 Å². The van der Waals surface area contributed by atoms with E-state index in [9.17, 15) is 0 Å². The van der Waals surface area contributed by atoms with Gasteiger partial charge in [0.25, 0.3) is 0 Å². The molecule has 2 heteroatoms. The van der Waals surface area contributed by atoms with Crippen molar-refractivity contribution in [3.63, 3.8) is 0 Å². The summed E-state index contributed by atoms with van der Waals surface area (Å²) >= 11 is 2.46. The van der Waals surface area contributed by atoms with Gasteiger partial charge in [0.1, 0.15) is 0 Å². The third-order valence-electron chi connectivity index (χ3n) is 1.52. The number of alkyl halides is 1. The molecular formula is C9H16IN. The Balaban J connectivity index is 3.71. The van der Waals surface area contributed by atoms with Crippen LogP contribution in [0.1, 0.15) is 6.92 Å². The van der Waals surface area contributed by atoms with Crippen LogP contribution in [0, 0.1) is 5.92 Å². The van der Waals surface area contributed by atoms with E-state index in [1.54, 1.807) is 0 Å². The molecule has 0 spiro atoms. The van der Waals surface area contributed by atoms with Crippen molar-refractivity contribution >= 4 is 22.6 Å². The van der Waals surface area contributed by atoms with Crippen LogP contribution >= 0.6 is 22.6 Å². The smallest absolute Gasteiger partial charge is 0.0294 e. The van der Waals surface area contributed by atoms with E-state index in [4.69, 9.17) is 0 Å². The van der Waals surface area contributed by atoms with Crippen LogP contribution in [-0.2, 0) is 0 Å². The van der Waals surface area contributed by atoms with E-state index in [2.05, 4.69) is 47.5 Å². The van der Waals surface area contributed by atoms with Crippen LogP contribution in [0.2, 0.25) is 0 Å². The SMILES string of the molecule is C=C/C=C\C(C)C(I)CNC. The monoisotopic (exact) mass is 265 g/mol. The average molecular weight is 265 g/mol. The largest absolute Gasteiger partial charge is 0.319 e. The van der Waals surface area contributed by atoms with Crippen LogP contribution in [0.4, 0.5) is 0 Å². The first-order chi connectivity index (χ1) is 5.22. The van der Waals surface area contributed by atoms with Crippen molar-refractivity contribution in [2.45, 2.75) is 10.8 Å². The van der Waals surface area contributed by atoms with Gasteiger partial charge >= 0.3 is 0 Å². The lowest BCUT2D eigenvalue weighted by Gasteiger charge is -2.13. The van der Waals surface area contributed by atoms with Crippen LogP contribution in [0.25, 0.3) is 0 Å². The highest BCUT2D eigenvalue weighted by Crippen LogP contribution is 2.13. The summed E-state index contributed by atoms with van der Waals surface area (Å²) in [5.41, 5.74) is 0. The van der Waals surface area contributed by atoms with E-state index in [0.717, 1.165) is 6.54 Å². The summed E-state index contributed by atoms with van der Waals surface area (Å²) in [5, 5.41) is 3.16. The fourth-order valence-electron chi connectivity index (χ4n) is 0.755. The topological polar surface area (TPSA) is 12.0 Å². The van der Waals surface area contributed by atoms with Crippen molar-refractivity contribution in [3.05, 3.63) is 24.8 Å². The molecule has 0 amide bonds. The molecule has 0 aromatic carbocycles. The second-order valence-corrected chi connectivity index (χ2v) is 4.15. The van der Waals surface area contributed by atoms with Crippen molar-refractivity contribution < 1.29 is 0 Å². The van der Waals surface area contributed by atoms with E-state index >= 15 is 0 Å². The summed E-state index contributed by atoms with van der Waals surface area (Å²) in [5.74, 6) is 0.612. The molecule has 0 radical (unpaired) electrons.